The summed E-state index contributed by atoms with van der Waals surface area (Å²) < 4.78 is 0. The van der Waals surface area contributed by atoms with Crippen LogP contribution in [0.15, 0.2) is 36.8 Å². The van der Waals surface area contributed by atoms with Crippen LogP contribution < -0.4 is 0 Å². The maximum Gasteiger partial charge on any atom is 0.0380 e. The molecule has 12 heavy (non-hydrogen) atoms. The van der Waals surface area contributed by atoms with Gasteiger partial charge in [-0.3, -0.25) is 0 Å². The fourth-order valence-electron chi connectivity index (χ4n) is 1.07. The van der Waals surface area contributed by atoms with Gasteiger partial charge in [0.05, 0.1) is 0 Å². The van der Waals surface area contributed by atoms with Crippen LogP contribution in [0.4, 0.5) is 0 Å². The van der Waals surface area contributed by atoms with E-state index in [1.54, 1.807) is 0 Å². The van der Waals surface area contributed by atoms with E-state index in [9.17, 15) is 0 Å². The van der Waals surface area contributed by atoms with E-state index in [1.807, 2.05) is 42.9 Å². The molecule has 2 heterocycles. The van der Waals surface area contributed by atoms with Crippen molar-refractivity contribution in [2.45, 2.75) is 0 Å². The molecule has 0 fully saturated rings. The molecule has 0 radical (unpaired) electrons. The van der Waals surface area contributed by atoms with E-state index in [1.165, 1.54) is 5.56 Å². The van der Waals surface area contributed by atoms with Crippen molar-refractivity contribution in [1.82, 2.24) is 9.97 Å². The van der Waals surface area contributed by atoms with Crippen LogP contribution in [0, 0.1) is 0 Å². The molecular weight excluding hydrogens is 148 g/mol. The highest BCUT2D eigenvalue weighted by molar-refractivity contribution is 5.67. The van der Waals surface area contributed by atoms with Crippen molar-refractivity contribution in [3.63, 3.8) is 0 Å². The summed E-state index contributed by atoms with van der Waals surface area (Å²) >= 11 is 0. The van der Waals surface area contributed by atoms with Crippen molar-refractivity contribution < 1.29 is 0 Å². The Balaban J connectivity index is 2.14. The lowest BCUT2D eigenvalue weighted by Crippen LogP contribution is -1.66. The minimum Gasteiger partial charge on any atom is -0.367 e. The Labute approximate surface area is 70.9 Å². The first-order valence-electron chi connectivity index (χ1n) is 3.89. The number of rotatable bonds is 2. The molecule has 0 spiro atoms. The summed E-state index contributed by atoms with van der Waals surface area (Å²) in [5.74, 6) is 0. The van der Waals surface area contributed by atoms with Crippen LogP contribution in [0.2, 0.25) is 0 Å². The number of hydrogen-bond donors (Lipinski definition) is 2. The Bertz CT molecular complexity index is 305. The molecule has 2 aromatic rings. The predicted octanol–water partition coefficient (Wildman–Crippen LogP) is 2.51. The van der Waals surface area contributed by atoms with Gasteiger partial charge in [-0.05, 0) is 29.8 Å². The van der Waals surface area contributed by atoms with Crippen LogP contribution in [0.1, 0.15) is 11.3 Å². The maximum atomic E-state index is 3.10. The molecule has 0 bridgehead atoms. The number of aromatic amines is 2. The van der Waals surface area contributed by atoms with E-state index in [-0.39, 0.29) is 0 Å². The van der Waals surface area contributed by atoms with E-state index in [4.69, 9.17) is 0 Å². The molecule has 2 N–H and O–H groups in total. The van der Waals surface area contributed by atoms with Crippen molar-refractivity contribution in [3.8, 4) is 0 Å². The van der Waals surface area contributed by atoms with Gasteiger partial charge in [0, 0.05) is 24.3 Å². The van der Waals surface area contributed by atoms with Crippen molar-refractivity contribution in [2.24, 2.45) is 0 Å². The highest BCUT2D eigenvalue weighted by atomic mass is 14.7. The zero-order valence-corrected chi connectivity index (χ0v) is 6.62. The zero-order valence-electron chi connectivity index (χ0n) is 6.62. The minimum atomic E-state index is 1.12. The Morgan fingerprint density at radius 1 is 1.08 bits per heavy atom. The summed E-state index contributed by atoms with van der Waals surface area (Å²) in [6, 6.07) is 6.04. The third-order valence-corrected chi connectivity index (χ3v) is 1.70. The molecule has 2 heteroatoms. The first kappa shape index (κ1) is 6.98. The average Bonchev–Trinajstić information content (AvgIpc) is 2.74. The van der Waals surface area contributed by atoms with Crippen LogP contribution in [0.5, 0.6) is 0 Å². The highest BCUT2D eigenvalue weighted by Crippen LogP contribution is 2.04. The molecule has 2 rings (SSSR count). The smallest absolute Gasteiger partial charge is 0.0380 e. The van der Waals surface area contributed by atoms with Gasteiger partial charge < -0.3 is 9.97 Å². The fourth-order valence-corrected chi connectivity index (χ4v) is 1.07. The lowest BCUT2D eigenvalue weighted by molar-refractivity contribution is 1.38. The molecule has 0 aromatic carbocycles. The second kappa shape index (κ2) is 3.13. The monoisotopic (exact) mass is 158 g/mol. The quantitative estimate of drug-likeness (QED) is 0.673. The van der Waals surface area contributed by atoms with Crippen LogP contribution in [0.3, 0.4) is 0 Å². The van der Waals surface area contributed by atoms with Gasteiger partial charge in [-0.1, -0.05) is 6.08 Å². The molecular formula is C10H10N2. The van der Waals surface area contributed by atoms with Gasteiger partial charge in [-0.2, -0.15) is 0 Å². The van der Waals surface area contributed by atoms with Gasteiger partial charge in [0.2, 0.25) is 0 Å². The largest absolute Gasteiger partial charge is 0.367 e. The lowest BCUT2D eigenvalue weighted by atomic mass is 10.3. The number of H-pyrrole nitrogens is 2. The minimum absolute atomic E-state index is 1.12. The normalized spacial score (nSPS) is 11.0. The molecule has 0 aliphatic heterocycles. The Morgan fingerprint density at radius 2 is 2.08 bits per heavy atom. The summed E-state index contributed by atoms with van der Waals surface area (Å²) in [7, 11) is 0. The Kier molecular flexibility index (Phi) is 1.82. The SMILES string of the molecule is C(=C\c1ccc[nH]1)/c1cc[nH]c1. The topological polar surface area (TPSA) is 31.6 Å². The van der Waals surface area contributed by atoms with Gasteiger partial charge in [0.15, 0.2) is 0 Å². The summed E-state index contributed by atoms with van der Waals surface area (Å²) in [5, 5.41) is 0. The van der Waals surface area contributed by atoms with Gasteiger partial charge in [0.1, 0.15) is 0 Å². The van der Waals surface area contributed by atoms with Gasteiger partial charge in [-0.15, -0.1) is 0 Å². The van der Waals surface area contributed by atoms with E-state index in [2.05, 4.69) is 16.0 Å². The number of nitrogens with one attached hydrogen (secondary N) is 2. The molecule has 0 saturated carbocycles. The lowest BCUT2D eigenvalue weighted by Gasteiger charge is -1.83. The molecule has 2 aromatic heterocycles. The molecule has 0 atom stereocenters. The van der Waals surface area contributed by atoms with Crippen LogP contribution in [-0.2, 0) is 0 Å². The van der Waals surface area contributed by atoms with Gasteiger partial charge >= 0.3 is 0 Å². The number of hydrogen-bond acceptors (Lipinski definition) is 0. The summed E-state index contributed by atoms with van der Waals surface area (Å²) in [5.41, 5.74) is 2.31. The van der Waals surface area contributed by atoms with E-state index >= 15 is 0 Å². The van der Waals surface area contributed by atoms with E-state index in [0.29, 0.717) is 0 Å². The first-order chi connectivity index (χ1) is 5.95. The highest BCUT2D eigenvalue weighted by Gasteiger charge is 1.85. The second-order valence-corrected chi connectivity index (χ2v) is 2.60. The molecule has 2 nitrogen and oxygen atoms in total. The van der Waals surface area contributed by atoms with Crippen LogP contribution in [-0.4, -0.2) is 9.97 Å². The average molecular weight is 158 g/mol. The Hall–Kier alpha value is -1.70. The molecule has 0 unspecified atom stereocenters. The van der Waals surface area contributed by atoms with E-state index < -0.39 is 0 Å². The van der Waals surface area contributed by atoms with E-state index in [0.717, 1.165) is 5.69 Å². The van der Waals surface area contributed by atoms with Crippen molar-refractivity contribution in [2.75, 3.05) is 0 Å². The van der Waals surface area contributed by atoms with Crippen molar-refractivity contribution >= 4 is 12.2 Å². The molecule has 0 saturated heterocycles. The third-order valence-electron chi connectivity index (χ3n) is 1.70. The number of aromatic nitrogens is 2. The fraction of sp³-hybridized carbons (Fsp3) is 0. The molecule has 0 aliphatic carbocycles. The standard InChI is InChI=1S/C10H10N2/c1-2-10(12-6-1)4-3-9-5-7-11-8-9/h1-8,11-12H/b4-3+. The first-order valence-corrected chi connectivity index (χ1v) is 3.89. The zero-order chi connectivity index (χ0) is 8.23. The summed E-state index contributed by atoms with van der Waals surface area (Å²) in [4.78, 5) is 6.10. The van der Waals surface area contributed by atoms with Crippen LogP contribution >= 0.6 is 0 Å². The second-order valence-electron chi connectivity index (χ2n) is 2.60. The summed E-state index contributed by atoms with van der Waals surface area (Å²) in [6.07, 6.45) is 9.89. The van der Waals surface area contributed by atoms with Crippen LogP contribution in [0.25, 0.3) is 12.2 Å². The predicted molar refractivity (Wildman–Crippen MR) is 50.5 cm³/mol. The third kappa shape index (κ3) is 1.48. The van der Waals surface area contributed by atoms with Crippen molar-refractivity contribution in [3.05, 3.63) is 48.0 Å². The summed E-state index contributed by atoms with van der Waals surface area (Å²) in [6.45, 7) is 0. The maximum absolute atomic E-state index is 3.10. The molecule has 60 valence electrons. The molecule has 0 aliphatic rings. The van der Waals surface area contributed by atoms with Gasteiger partial charge in [0.25, 0.3) is 0 Å². The van der Waals surface area contributed by atoms with Gasteiger partial charge in [-0.25, -0.2) is 0 Å². The Morgan fingerprint density at radius 3 is 2.75 bits per heavy atom. The molecule has 0 amide bonds. The van der Waals surface area contributed by atoms with Crippen molar-refractivity contribution in [1.29, 1.82) is 0 Å².